The van der Waals surface area contributed by atoms with E-state index in [2.05, 4.69) is 5.32 Å². The fourth-order valence-corrected chi connectivity index (χ4v) is 1.97. The lowest BCUT2D eigenvalue weighted by atomic mass is 10.1. The van der Waals surface area contributed by atoms with Gasteiger partial charge in [-0.3, -0.25) is 14.9 Å². The van der Waals surface area contributed by atoms with E-state index in [0.717, 1.165) is 0 Å². The standard InChI is InChI=1S/C15H16N2O3/c18-13-8-4-5-10-17(13)11-9-16-14(15(19)20)12-6-2-1-3-7-12/h1-8,10,14,16H,9,11H2,(H,19,20). The first-order valence-electron chi connectivity index (χ1n) is 6.35. The first kappa shape index (κ1) is 14.0. The minimum Gasteiger partial charge on any atom is -0.480 e. The van der Waals surface area contributed by atoms with E-state index < -0.39 is 12.0 Å². The Kier molecular flexibility index (Phi) is 4.68. The summed E-state index contributed by atoms with van der Waals surface area (Å²) in [6.07, 6.45) is 1.68. The van der Waals surface area contributed by atoms with Crippen molar-refractivity contribution in [3.63, 3.8) is 0 Å². The van der Waals surface area contributed by atoms with Crippen LogP contribution in [-0.4, -0.2) is 22.2 Å². The Balaban J connectivity index is 1.99. The number of benzene rings is 1. The highest BCUT2D eigenvalue weighted by molar-refractivity contribution is 5.75. The van der Waals surface area contributed by atoms with E-state index in [1.807, 2.05) is 6.07 Å². The molecule has 0 aliphatic carbocycles. The van der Waals surface area contributed by atoms with Crippen LogP contribution in [0.5, 0.6) is 0 Å². The van der Waals surface area contributed by atoms with Gasteiger partial charge in [0.25, 0.3) is 5.56 Å². The highest BCUT2D eigenvalue weighted by atomic mass is 16.4. The highest BCUT2D eigenvalue weighted by Crippen LogP contribution is 2.12. The zero-order valence-electron chi connectivity index (χ0n) is 10.9. The van der Waals surface area contributed by atoms with Gasteiger partial charge in [-0.25, -0.2) is 0 Å². The van der Waals surface area contributed by atoms with Gasteiger partial charge in [-0.05, 0) is 11.6 Å². The second kappa shape index (κ2) is 6.68. The van der Waals surface area contributed by atoms with Crippen molar-refractivity contribution < 1.29 is 9.90 Å². The molecule has 5 heteroatoms. The second-order valence-electron chi connectivity index (χ2n) is 4.37. The third-order valence-corrected chi connectivity index (χ3v) is 2.98. The molecule has 5 nitrogen and oxygen atoms in total. The van der Waals surface area contributed by atoms with Gasteiger partial charge in [0, 0.05) is 25.4 Å². The molecule has 0 saturated heterocycles. The van der Waals surface area contributed by atoms with Crippen molar-refractivity contribution in [1.29, 1.82) is 0 Å². The number of aromatic nitrogens is 1. The molecule has 0 aliphatic heterocycles. The van der Waals surface area contributed by atoms with Crippen LogP contribution >= 0.6 is 0 Å². The molecule has 2 rings (SSSR count). The van der Waals surface area contributed by atoms with Crippen LogP contribution in [0.3, 0.4) is 0 Å². The fourth-order valence-electron chi connectivity index (χ4n) is 1.97. The second-order valence-corrected chi connectivity index (χ2v) is 4.37. The largest absolute Gasteiger partial charge is 0.480 e. The summed E-state index contributed by atoms with van der Waals surface area (Å²) < 4.78 is 1.54. The molecule has 0 saturated carbocycles. The third kappa shape index (κ3) is 3.55. The van der Waals surface area contributed by atoms with Gasteiger partial charge in [0.15, 0.2) is 0 Å². The first-order chi connectivity index (χ1) is 9.68. The summed E-state index contributed by atoms with van der Waals surface area (Å²) in [5, 5.41) is 12.2. The van der Waals surface area contributed by atoms with Crippen molar-refractivity contribution in [3.8, 4) is 0 Å². The predicted molar refractivity (Wildman–Crippen MR) is 75.5 cm³/mol. The van der Waals surface area contributed by atoms with Crippen LogP contribution in [0.25, 0.3) is 0 Å². The van der Waals surface area contributed by atoms with Gasteiger partial charge in [0.2, 0.25) is 0 Å². The molecule has 0 bridgehead atoms. The maximum Gasteiger partial charge on any atom is 0.325 e. The molecule has 0 amide bonds. The van der Waals surface area contributed by atoms with Crippen LogP contribution in [0.15, 0.2) is 59.5 Å². The maximum absolute atomic E-state index is 11.5. The zero-order chi connectivity index (χ0) is 14.4. The third-order valence-electron chi connectivity index (χ3n) is 2.98. The summed E-state index contributed by atoms with van der Waals surface area (Å²) in [6, 6.07) is 13.1. The number of pyridine rings is 1. The van der Waals surface area contributed by atoms with E-state index in [1.54, 1.807) is 42.6 Å². The van der Waals surface area contributed by atoms with E-state index in [0.29, 0.717) is 18.7 Å². The summed E-state index contributed by atoms with van der Waals surface area (Å²) in [6.45, 7) is 0.825. The van der Waals surface area contributed by atoms with E-state index >= 15 is 0 Å². The van der Waals surface area contributed by atoms with Crippen molar-refractivity contribution in [3.05, 3.63) is 70.6 Å². The highest BCUT2D eigenvalue weighted by Gasteiger charge is 2.18. The van der Waals surface area contributed by atoms with Crippen molar-refractivity contribution in [2.24, 2.45) is 0 Å². The molecule has 2 N–H and O–H groups in total. The van der Waals surface area contributed by atoms with Crippen LogP contribution in [0.4, 0.5) is 0 Å². The molecule has 1 aromatic heterocycles. The van der Waals surface area contributed by atoms with Crippen LogP contribution in [0.2, 0.25) is 0 Å². The van der Waals surface area contributed by atoms with Gasteiger partial charge in [-0.15, -0.1) is 0 Å². The number of hydrogen-bond donors (Lipinski definition) is 2. The van der Waals surface area contributed by atoms with E-state index in [-0.39, 0.29) is 5.56 Å². The Bertz CT molecular complexity index is 622. The summed E-state index contributed by atoms with van der Waals surface area (Å²) >= 11 is 0. The summed E-state index contributed by atoms with van der Waals surface area (Å²) in [4.78, 5) is 22.8. The van der Waals surface area contributed by atoms with Gasteiger partial charge in [-0.1, -0.05) is 36.4 Å². The molecule has 104 valence electrons. The first-order valence-corrected chi connectivity index (χ1v) is 6.35. The van der Waals surface area contributed by atoms with Crippen LogP contribution < -0.4 is 10.9 Å². The number of aliphatic carboxylic acids is 1. The number of rotatable bonds is 6. The molecular formula is C15H16N2O3. The Hall–Kier alpha value is -2.40. The lowest BCUT2D eigenvalue weighted by Gasteiger charge is -2.15. The molecule has 1 unspecified atom stereocenters. The van der Waals surface area contributed by atoms with Crippen molar-refractivity contribution in [2.75, 3.05) is 6.54 Å². The van der Waals surface area contributed by atoms with Crippen molar-refractivity contribution in [1.82, 2.24) is 9.88 Å². The summed E-state index contributed by atoms with van der Waals surface area (Å²) in [5.74, 6) is -0.934. The number of nitrogens with zero attached hydrogens (tertiary/aromatic N) is 1. The van der Waals surface area contributed by atoms with Crippen molar-refractivity contribution in [2.45, 2.75) is 12.6 Å². The zero-order valence-corrected chi connectivity index (χ0v) is 10.9. The summed E-state index contributed by atoms with van der Waals surface area (Å²) in [7, 11) is 0. The van der Waals surface area contributed by atoms with E-state index in [4.69, 9.17) is 0 Å². The summed E-state index contributed by atoms with van der Waals surface area (Å²) in [5.41, 5.74) is 0.598. The number of nitrogens with one attached hydrogen (secondary N) is 1. The lowest BCUT2D eigenvalue weighted by Crippen LogP contribution is -2.32. The van der Waals surface area contributed by atoms with Crippen LogP contribution in [0, 0.1) is 0 Å². The number of carboxylic acids is 1. The minimum atomic E-state index is -0.934. The molecule has 0 radical (unpaired) electrons. The molecule has 0 aliphatic rings. The van der Waals surface area contributed by atoms with Gasteiger partial charge in [-0.2, -0.15) is 0 Å². The average molecular weight is 272 g/mol. The maximum atomic E-state index is 11.5. The van der Waals surface area contributed by atoms with Gasteiger partial charge in [0.05, 0.1) is 0 Å². The molecule has 0 fully saturated rings. The Labute approximate surface area is 116 Å². The number of carbonyl (C=O) groups is 1. The van der Waals surface area contributed by atoms with Crippen LogP contribution in [-0.2, 0) is 11.3 Å². The van der Waals surface area contributed by atoms with Gasteiger partial charge >= 0.3 is 5.97 Å². The number of hydrogen-bond acceptors (Lipinski definition) is 3. The molecule has 1 atom stereocenters. The monoisotopic (exact) mass is 272 g/mol. The molecule has 1 aromatic carbocycles. The molecule has 0 spiro atoms. The topological polar surface area (TPSA) is 71.3 Å². The smallest absolute Gasteiger partial charge is 0.325 e. The van der Waals surface area contributed by atoms with Crippen molar-refractivity contribution >= 4 is 5.97 Å². The average Bonchev–Trinajstić information content (AvgIpc) is 2.46. The Morgan fingerprint density at radius 2 is 1.85 bits per heavy atom. The lowest BCUT2D eigenvalue weighted by molar-refractivity contribution is -0.139. The quantitative estimate of drug-likeness (QED) is 0.830. The predicted octanol–water partition coefficient (Wildman–Crippen LogP) is 1.26. The normalized spacial score (nSPS) is 12.0. The van der Waals surface area contributed by atoms with E-state index in [1.165, 1.54) is 10.6 Å². The fraction of sp³-hybridized carbons (Fsp3) is 0.200. The van der Waals surface area contributed by atoms with E-state index in [9.17, 15) is 14.7 Å². The number of carboxylic acid groups (broad SMARTS) is 1. The minimum absolute atomic E-state index is 0.0964. The molecule has 1 heterocycles. The van der Waals surface area contributed by atoms with Gasteiger partial charge < -0.3 is 9.67 Å². The molecule has 20 heavy (non-hydrogen) atoms. The van der Waals surface area contributed by atoms with Gasteiger partial charge in [0.1, 0.15) is 6.04 Å². The van der Waals surface area contributed by atoms with Crippen LogP contribution in [0.1, 0.15) is 11.6 Å². The molecule has 2 aromatic rings. The SMILES string of the molecule is O=C(O)C(NCCn1ccccc1=O)c1ccccc1. The molecular weight excluding hydrogens is 256 g/mol. The Morgan fingerprint density at radius 3 is 2.50 bits per heavy atom. The Morgan fingerprint density at radius 1 is 1.15 bits per heavy atom.